The van der Waals surface area contributed by atoms with Crippen LogP contribution in [0.5, 0.6) is 0 Å². The standard InChI is InChI=1S/C14H26N2O4S/c1-5-8-11-12(17)16(9-10-21(19,20)7-3)14(4,6-2)13(18)15-11/h11H,5-10H2,1-4H3,(H,15,18). The molecule has 0 aromatic heterocycles. The summed E-state index contributed by atoms with van der Waals surface area (Å²) in [6, 6.07) is -0.536. The van der Waals surface area contributed by atoms with Gasteiger partial charge in [0.05, 0.1) is 5.75 Å². The van der Waals surface area contributed by atoms with Crippen LogP contribution in [0.3, 0.4) is 0 Å². The number of rotatable bonds is 7. The Morgan fingerprint density at radius 1 is 1.24 bits per heavy atom. The Morgan fingerprint density at radius 3 is 2.33 bits per heavy atom. The van der Waals surface area contributed by atoms with Crippen LogP contribution in [-0.4, -0.2) is 54.8 Å². The van der Waals surface area contributed by atoms with E-state index in [1.165, 1.54) is 4.90 Å². The highest BCUT2D eigenvalue weighted by atomic mass is 32.2. The van der Waals surface area contributed by atoms with Crippen LogP contribution in [0.25, 0.3) is 0 Å². The fourth-order valence-electron chi connectivity index (χ4n) is 2.50. The van der Waals surface area contributed by atoms with E-state index in [4.69, 9.17) is 0 Å². The quantitative estimate of drug-likeness (QED) is 0.749. The molecule has 1 aliphatic rings. The summed E-state index contributed by atoms with van der Waals surface area (Å²) >= 11 is 0. The molecule has 122 valence electrons. The molecule has 0 aromatic carbocycles. The Morgan fingerprint density at radius 2 is 1.86 bits per heavy atom. The van der Waals surface area contributed by atoms with Gasteiger partial charge in [0.25, 0.3) is 0 Å². The van der Waals surface area contributed by atoms with Crippen LogP contribution >= 0.6 is 0 Å². The van der Waals surface area contributed by atoms with Gasteiger partial charge in [0.2, 0.25) is 11.8 Å². The van der Waals surface area contributed by atoms with Crippen molar-refractivity contribution in [2.24, 2.45) is 0 Å². The second-order valence-electron chi connectivity index (χ2n) is 5.67. The van der Waals surface area contributed by atoms with Crippen molar-refractivity contribution in [3.8, 4) is 0 Å². The van der Waals surface area contributed by atoms with Gasteiger partial charge in [-0.15, -0.1) is 0 Å². The third-order valence-corrected chi connectivity index (χ3v) is 5.97. The highest BCUT2D eigenvalue weighted by molar-refractivity contribution is 7.91. The normalized spacial score (nSPS) is 26.9. The maximum absolute atomic E-state index is 12.6. The van der Waals surface area contributed by atoms with Crippen LogP contribution in [0.15, 0.2) is 0 Å². The molecule has 7 heteroatoms. The Balaban J connectivity index is 3.01. The fraction of sp³-hybridized carbons (Fsp3) is 0.857. The number of carbonyl (C=O) groups excluding carboxylic acids is 2. The Labute approximate surface area is 127 Å². The zero-order valence-corrected chi connectivity index (χ0v) is 14.1. The first kappa shape index (κ1) is 17.9. The van der Waals surface area contributed by atoms with Gasteiger partial charge in [0.15, 0.2) is 9.84 Å². The van der Waals surface area contributed by atoms with Crippen molar-refractivity contribution in [1.82, 2.24) is 10.2 Å². The Hall–Kier alpha value is -1.11. The SMILES string of the molecule is CCCC1NC(=O)C(C)(CC)N(CCS(=O)(=O)CC)C1=O. The molecule has 1 saturated heterocycles. The first-order chi connectivity index (χ1) is 9.71. The minimum Gasteiger partial charge on any atom is -0.342 e. The monoisotopic (exact) mass is 318 g/mol. The molecular formula is C14H26N2O4S. The van der Waals surface area contributed by atoms with E-state index in [2.05, 4.69) is 5.32 Å². The smallest absolute Gasteiger partial charge is 0.246 e. The molecule has 1 fully saturated rings. The maximum Gasteiger partial charge on any atom is 0.246 e. The number of amides is 2. The number of carbonyl (C=O) groups is 2. The van der Waals surface area contributed by atoms with Crippen molar-refractivity contribution in [1.29, 1.82) is 0 Å². The number of piperazine rings is 1. The van der Waals surface area contributed by atoms with Crippen LogP contribution in [0.1, 0.15) is 47.0 Å². The Bertz CT molecular complexity index is 503. The molecule has 2 amide bonds. The van der Waals surface area contributed by atoms with Gasteiger partial charge in [-0.3, -0.25) is 9.59 Å². The van der Waals surface area contributed by atoms with Gasteiger partial charge in [0, 0.05) is 12.3 Å². The molecule has 0 bridgehead atoms. The molecule has 2 unspecified atom stereocenters. The average Bonchev–Trinajstić information content (AvgIpc) is 2.44. The van der Waals surface area contributed by atoms with Gasteiger partial charge in [-0.1, -0.05) is 27.2 Å². The molecule has 1 rings (SSSR count). The largest absolute Gasteiger partial charge is 0.342 e. The molecule has 2 atom stereocenters. The second-order valence-corrected chi connectivity index (χ2v) is 8.14. The molecule has 0 aliphatic carbocycles. The summed E-state index contributed by atoms with van der Waals surface area (Å²) < 4.78 is 23.4. The fourth-order valence-corrected chi connectivity index (χ4v) is 3.25. The van der Waals surface area contributed by atoms with Crippen molar-refractivity contribution < 1.29 is 18.0 Å². The topological polar surface area (TPSA) is 83.6 Å². The van der Waals surface area contributed by atoms with Gasteiger partial charge in [-0.2, -0.15) is 0 Å². The van der Waals surface area contributed by atoms with E-state index in [-0.39, 0.29) is 29.9 Å². The molecule has 21 heavy (non-hydrogen) atoms. The van der Waals surface area contributed by atoms with E-state index in [1.54, 1.807) is 13.8 Å². The number of hydrogen-bond donors (Lipinski definition) is 1. The lowest BCUT2D eigenvalue weighted by molar-refractivity contribution is -0.156. The lowest BCUT2D eigenvalue weighted by Crippen LogP contribution is -2.69. The van der Waals surface area contributed by atoms with E-state index in [9.17, 15) is 18.0 Å². The first-order valence-electron chi connectivity index (χ1n) is 7.54. The molecule has 0 radical (unpaired) electrons. The maximum atomic E-state index is 12.6. The predicted octanol–water partition coefficient (Wildman–Crippen LogP) is 0.717. The number of sulfone groups is 1. The van der Waals surface area contributed by atoms with Crippen LogP contribution in [-0.2, 0) is 19.4 Å². The van der Waals surface area contributed by atoms with Crippen LogP contribution in [0.4, 0.5) is 0 Å². The van der Waals surface area contributed by atoms with Crippen LogP contribution in [0, 0.1) is 0 Å². The van der Waals surface area contributed by atoms with Crippen molar-refractivity contribution in [3.05, 3.63) is 0 Å². The molecule has 6 nitrogen and oxygen atoms in total. The summed E-state index contributed by atoms with van der Waals surface area (Å²) in [6.07, 6.45) is 1.80. The van der Waals surface area contributed by atoms with Gasteiger partial charge in [-0.05, 0) is 19.8 Å². The van der Waals surface area contributed by atoms with Crippen LogP contribution in [0.2, 0.25) is 0 Å². The summed E-state index contributed by atoms with van der Waals surface area (Å²) in [5.41, 5.74) is -0.968. The summed E-state index contributed by atoms with van der Waals surface area (Å²) in [4.78, 5) is 26.3. The molecule has 0 saturated carbocycles. The molecule has 1 N–H and O–H groups in total. The van der Waals surface area contributed by atoms with Crippen LogP contribution < -0.4 is 5.32 Å². The predicted molar refractivity (Wildman–Crippen MR) is 81.6 cm³/mol. The van der Waals surface area contributed by atoms with Crippen molar-refractivity contribution in [2.75, 3.05) is 18.1 Å². The van der Waals surface area contributed by atoms with Crippen molar-refractivity contribution in [2.45, 2.75) is 58.5 Å². The highest BCUT2D eigenvalue weighted by Gasteiger charge is 2.47. The van der Waals surface area contributed by atoms with E-state index in [0.29, 0.717) is 12.8 Å². The van der Waals surface area contributed by atoms with Gasteiger partial charge >= 0.3 is 0 Å². The summed E-state index contributed by atoms with van der Waals surface area (Å²) in [5.74, 6) is -0.427. The van der Waals surface area contributed by atoms with E-state index >= 15 is 0 Å². The van der Waals surface area contributed by atoms with Crippen molar-refractivity contribution >= 4 is 21.7 Å². The third kappa shape index (κ3) is 3.75. The van der Waals surface area contributed by atoms with Gasteiger partial charge in [0.1, 0.15) is 11.6 Å². The lowest BCUT2D eigenvalue weighted by atomic mass is 9.89. The minimum absolute atomic E-state index is 0.0441. The molecule has 0 spiro atoms. The van der Waals surface area contributed by atoms with E-state index < -0.39 is 21.4 Å². The molecule has 1 aliphatic heterocycles. The second kappa shape index (κ2) is 6.77. The zero-order chi connectivity index (χ0) is 16.3. The summed E-state index contributed by atoms with van der Waals surface area (Å²) in [5, 5.41) is 2.77. The van der Waals surface area contributed by atoms with Gasteiger partial charge in [-0.25, -0.2) is 8.42 Å². The van der Waals surface area contributed by atoms with Gasteiger partial charge < -0.3 is 10.2 Å². The van der Waals surface area contributed by atoms with E-state index in [1.807, 2.05) is 13.8 Å². The third-order valence-electron chi connectivity index (χ3n) is 4.29. The molecule has 1 heterocycles. The summed E-state index contributed by atoms with van der Waals surface area (Å²) in [7, 11) is -3.17. The Kier molecular flexibility index (Phi) is 5.78. The lowest BCUT2D eigenvalue weighted by Gasteiger charge is -2.46. The highest BCUT2D eigenvalue weighted by Crippen LogP contribution is 2.26. The number of nitrogens with zero attached hydrogens (tertiary/aromatic N) is 1. The van der Waals surface area contributed by atoms with Crippen molar-refractivity contribution in [3.63, 3.8) is 0 Å². The minimum atomic E-state index is -3.17. The zero-order valence-electron chi connectivity index (χ0n) is 13.3. The first-order valence-corrected chi connectivity index (χ1v) is 9.36. The average molecular weight is 318 g/mol. The van der Waals surface area contributed by atoms with E-state index in [0.717, 1.165) is 6.42 Å². The summed E-state index contributed by atoms with van der Waals surface area (Å²) in [6.45, 7) is 7.13. The number of nitrogens with one attached hydrogen (secondary N) is 1. The molecule has 0 aromatic rings. The molecular weight excluding hydrogens is 292 g/mol. The number of hydrogen-bond acceptors (Lipinski definition) is 4.